The van der Waals surface area contributed by atoms with Crippen LogP contribution in [0.1, 0.15) is 26.3 Å². The van der Waals surface area contributed by atoms with Crippen molar-refractivity contribution in [2.75, 3.05) is 31.7 Å². The van der Waals surface area contributed by atoms with E-state index in [4.69, 9.17) is 4.74 Å². The van der Waals surface area contributed by atoms with E-state index in [1.54, 1.807) is 28.7 Å². The maximum Gasteiger partial charge on any atom is 0.251 e. The number of aliphatic hydroxyl groups excluding tert-OH is 1. The number of likely N-dealkylation sites (tertiary alicyclic amines) is 1. The predicted octanol–water partition coefficient (Wildman–Crippen LogP) is 3.90. The largest absolute Gasteiger partial charge is 0.497 e. The fourth-order valence-electron chi connectivity index (χ4n) is 7.43. The number of aliphatic hydroxyl groups is 1. The van der Waals surface area contributed by atoms with Crippen LogP contribution in [0.25, 0.3) is 0 Å². The summed E-state index contributed by atoms with van der Waals surface area (Å²) in [5.41, 5.74) is 1.71. The van der Waals surface area contributed by atoms with Gasteiger partial charge in [0, 0.05) is 30.1 Å². The van der Waals surface area contributed by atoms with Gasteiger partial charge in [-0.1, -0.05) is 68.5 Å². The molecule has 0 saturated carbocycles. The van der Waals surface area contributed by atoms with E-state index in [1.807, 2.05) is 98.5 Å². The first-order valence-electron chi connectivity index (χ1n) is 14.9. The monoisotopic (exact) mass is 601 g/mol. The summed E-state index contributed by atoms with van der Waals surface area (Å²) in [5, 5.41) is 10.6. The summed E-state index contributed by atoms with van der Waals surface area (Å²) in [7, 11) is 1.60. The molecule has 6 rings (SSSR count). The van der Waals surface area contributed by atoms with Crippen LogP contribution in [0.5, 0.6) is 5.75 Å². The van der Waals surface area contributed by atoms with Crippen molar-refractivity contribution in [1.82, 2.24) is 9.80 Å². The van der Waals surface area contributed by atoms with Crippen LogP contribution >= 0.6 is 11.8 Å². The molecule has 2 saturated heterocycles. The number of hydrogen-bond donors (Lipinski definition) is 1. The number of ether oxygens (including phenoxy) is 1. The number of hydrogen-bond acceptors (Lipinski definition) is 6. The first kappa shape index (κ1) is 29.5. The fourth-order valence-corrected chi connectivity index (χ4v) is 9.57. The molecule has 4 aliphatic rings. The Bertz CT molecular complexity index is 1460. The molecule has 2 aromatic rings. The maximum absolute atomic E-state index is 14.7. The van der Waals surface area contributed by atoms with Gasteiger partial charge >= 0.3 is 0 Å². The molecule has 0 radical (unpaired) electrons. The Balaban J connectivity index is 1.46. The van der Waals surface area contributed by atoms with E-state index in [0.29, 0.717) is 31.1 Å². The van der Waals surface area contributed by atoms with Gasteiger partial charge in [-0.15, -0.1) is 11.8 Å². The molecular weight excluding hydrogens is 562 g/mol. The SMILES string of the molecule is COc1ccc(N2CC=C[C@]34S[C@@]5(C)C=CCN(Cc6ccccc6)C(=O)[C@H]5[C@H]3C(=O)N([C@@H](CO)C(C)C)C4C2=O)cc1. The highest BCUT2D eigenvalue weighted by atomic mass is 32.2. The third-order valence-corrected chi connectivity index (χ3v) is 11.3. The number of methoxy groups -OCH3 is 1. The van der Waals surface area contributed by atoms with E-state index in [2.05, 4.69) is 6.08 Å². The Kier molecular flexibility index (Phi) is 7.67. The van der Waals surface area contributed by atoms with Crippen LogP contribution in [0, 0.1) is 17.8 Å². The highest BCUT2D eigenvalue weighted by molar-refractivity contribution is 8.02. The summed E-state index contributed by atoms with van der Waals surface area (Å²) >= 11 is 1.56. The summed E-state index contributed by atoms with van der Waals surface area (Å²) in [6, 6.07) is 15.7. The van der Waals surface area contributed by atoms with E-state index < -0.39 is 33.4 Å². The summed E-state index contributed by atoms with van der Waals surface area (Å²) in [6.45, 7) is 6.87. The van der Waals surface area contributed by atoms with Crippen LogP contribution in [-0.4, -0.2) is 81.0 Å². The van der Waals surface area contributed by atoms with Gasteiger partial charge in [0.25, 0.3) is 5.91 Å². The molecule has 9 heteroatoms. The molecule has 3 amide bonds. The zero-order valence-corrected chi connectivity index (χ0v) is 25.9. The van der Waals surface area contributed by atoms with E-state index in [1.165, 1.54) is 0 Å². The second-order valence-corrected chi connectivity index (χ2v) is 14.2. The molecule has 43 heavy (non-hydrogen) atoms. The van der Waals surface area contributed by atoms with Crippen LogP contribution in [0.15, 0.2) is 78.9 Å². The highest BCUT2D eigenvalue weighted by Crippen LogP contribution is 2.66. The summed E-state index contributed by atoms with van der Waals surface area (Å²) < 4.78 is 3.65. The first-order chi connectivity index (χ1) is 20.6. The lowest BCUT2D eigenvalue weighted by atomic mass is 9.74. The zero-order valence-electron chi connectivity index (χ0n) is 25.1. The lowest BCUT2D eigenvalue weighted by molar-refractivity contribution is -0.146. The predicted molar refractivity (Wildman–Crippen MR) is 168 cm³/mol. The first-order valence-corrected chi connectivity index (χ1v) is 15.7. The minimum atomic E-state index is -0.979. The van der Waals surface area contributed by atoms with Crippen molar-refractivity contribution in [2.45, 2.75) is 48.9 Å². The Morgan fingerprint density at radius 3 is 2.28 bits per heavy atom. The molecular formula is C34H39N3O5S. The third kappa shape index (κ3) is 4.68. The van der Waals surface area contributed by atoms with Gasteiger partial charge in [0.05, 0.1) is 36.3 Å². The number of amides is 3. The molecule has 2 fully saturated rings. The molecule has 4 heterocycles. The van der Waals surface area contributed by atoms with Crippen LogP contribution in [0.2, 0.25) is 0 Å². The number of nitrogens with zero attached hydrogens (tertiary/aromatic N) is 3. The second kappa shape index (κ2) is 11.2. The van der Waals surface area contributed by atoms with Crippen molar-refractivity contribution < 1.29 is 24.2 Å². The topological polar surface area (TPSA) is 90.4 Å². The smallest absolute Gasteiger partial charge is 0.251 e. The second-order valence-electron chi connectivity index (χ2n) is 12.4. The lowest BCUT2D eigenvalue weighted by Crippen LogP contribution is -2.58. The lowest BCUT2D eigenvalue weighted by Gasteiger charge is -2.41. The van der Waals surface area contributed by atoms with Gasteiger partial charge in [-0.3, -0.25) is 14.4 Å². The summed E-state index contributed by atoms with van der Waals surface area (Å²) in [5.74, 6) is -1.38. The van der Waals surface area contributed by atoms with Crippen molar-refractivity contribution in [3.63, 3.8) is 0 Å². The number of carbonyl (C=O) groups is 3. The molecule has 1 unspecified atom stereocenters. The number of carbonyl (C=O) groups excluding carboxylic acids is 3. The summed E-state index contributed by atoms with van der Waals surface area (Å²) in [4.78, 5) is 49.1. The van der Waals surface area contributed by atoms with Crippen LogP contribution in [0.3, 0.4) is 0 Å². The molecule has 226 valence electrons. The molecule has 0 bridgehead atoms. The van der Waals surface area contributed by atoms with Crippen molar-refractivity contribution in [3.05, 3.63) is 84.5 Å². The van der Waals surface area contributed by atoms with Crippen LogP contribution in [-0.2, 0) is 20.9 Å². The molecule has 1 spiro atoms. The third-order valence-electron chi connectivity index (χ3n) is 9.49. The van der Waals surface area contributed by atoms with Gasteiger partial charge in [0.15, 0.2) is 0 Å². The number of benzene rings is 2. The molecule has 1 N–H and O–H groups in total. The Morgan fingerprint density at radius 1 is 0.930 bits per heavy atom. The van der Waals surface area contributed by atoms with Gasteiger partial charge in [-0.2, -0.15) is 0 Å². The van der Waals surface area contributed by atoms with Crippen LogP contribution < -0.4 is 9.64 Å². The van der Waals surface area contributed by atoms with Gasteiger partial charge in [0.1, 0.15) is 11.8 Å². The zero-order chi connectivity index (χ0) is 30.5. The van der Waals surface area contributed by atoms with Gasteiger partial charge < -0.3 is 24.5 Å². The molecule has 8 nitrogen and oxygen atoms in total. The average molecular weight is 602 g/mol. The minimum absolute atomic E-state index is 0.0816. The molecule has 6 atom stereocenters. The maximum atomic E-state index is 14.7. The highest BCUT2D eigenvalue weighted by Gasteiger charge is 2.74. The standard InChI is InChI=1S/C34H39N3O5S/c1-22(2)26(21-38)37-29-32(41)36(24-12-14-25(42-4)15-13-24)19-9-17-34(29)28(31(37)40)27-30(39)35(18-8-16-33(27,3)43-34)20-23-10-6-5-7-11-23/h5-17,22,26-29,38H,18-21H2,1-4H3/t26-,27+,28-,29?,33-,34-/m0/s1. The van der Waals surface area contributed by atoms with Gasteiger partial charge in [-0.05, 0) is 42.7 Å². The van der Waals surface area contributed by atoms with Crippen molar-refractivity contribution in [3.8, 4) is 5.75 Å². The average Bonchev–Trinajstić information content (AvgIpc) is 3.27. The molecule has 0 aliphatic carbocycles. The quantitative estimate of drug-likeness (QED) is 0.485. The van der Waals surface area contributed by atoms with E-state index in [0.717, 1.165) is 5.56 Å². The molecule has 2 aromatic carbocycles. The number of thioether (sulfide) groups is 1. The fraction of sp³-hybridized carbons (Fsp3) is 0.441. The molecule has 4 aliphatic heterocycles. The number of rotatable bonds is 7. The Morgan fingerprint density at radius 2 is 1.63 bits per heavy atom. The van der Waals surface area contributed by atoms with E-state index in [9.17, 15) is 19.5 Å². The van der Waals surface area contributed by atoms with Crippen molar-refractivity contribution >= 4 is 35.2 Å². The Labute approximate surface area is 257 Å². The number of fused-ring (bicyclic) bond motifs is 2. The van der Waals surface area contributed by atoms with Crippen molar-refractivity contribution in [2.24, 2.45) is 17.8 Å². The van der Waals surface area contributed by atoms with Crippen LogP contribution in [0.4, 0.5) is 5.69 Å². The van der Waals surface area contributed by atoms with Crippen molar-refractivity contribution in [1.29, 1.82) is 0 Å². The van der Waals surface area contributed by atoms with E-state index >= 15 is 0 Å². The van der Waals surface area contributed by atoms with Gasteiger partial charge in [-0.25, -0.2) is 0 Å². The van der Waals surface area contributed by atoms with E-state index in [-0.39, 0.29) is 30.2 Å². The number of anilines is 1. The summed E-state index contributed by atoms with van der Waals surface area (Å²) in [6.07, 6.45) is 8.08. The Hall–Kier alpha value is -3.56. The normalized spacial score (nSPS) is 30.7. The molecule has 0 aromatic heterocycles. The van der Waals surface area contributed by atoms with Gasteiger partial charge in [0.2, 0.25) is 11.8 Å². The minimum Gasteiger partial charge on any atom is -0.497 e.